The minimum absolute atomic E-state index is 0.356. The number of carbonyl (C=O) groups is 1. The molecule has 9 heavy (non-hydrogen) atoms. The molecule has 1 unspecified atom stereocenters. The van der Waals surface area contributed by atoms with Gasteiger partial charge in [-0.15, -0.1) is 0 Å². The monoisotopic (exact) mass is 127 g/mol. The van der Waals surface area contributed by atoms with Crippen molar-refractivity contribution in [1.82, 2.24) is 5.32 Å². The molecule has 2 heteroatoms. The molecule has 0 radical (unpaired) electrons. The number of hydrogen-bond acceptors (Lipinski definition) is 1. The van der Waals surface area contributed by atoms with Crippen LogP contribution in [0.15, 0.2) is 0 Å². The number of amides is 1. The number of rotatable bonds is 3. The molecule has 0 aromatic rings. The number of hydrogen-bond donors (Lipinski definition) is 1. The summed E-state index contributed by atoms with van der Waals surface area (Å²) >= 11 is 0. The molecule has 0 bridgehead atoms. The Balaban J connectivity index is 2.32. The lowest BCUT2D eigenvalue weighted by Gasteiger charge is -2.16. The van der Waals surface area contributed by atoms with Crippen LogP contribution in [0.3, 0.4) is 0 Å². The standard InChI is InChI=1S/C7H13NO/c1-6(8-5-9)7(2)3-4-7/h5-6H,3-4H2,1-2H3,(H,8,9). The maximum Gasteiger partial charge on any atom is 0.207 e. The maximum atomic E-state index is 9.98. The average Bonchev–Trinajstić information content (AvgIpc) is 2.50. The van der Waals surface area contributed by atoms with E-state index < -0.39 is 0 Å². The van der Waals surface area contributed by atoms with Crippen LogP contribution in [0, 0.1) is 5.41 Å². The van der Waals surface area contributed by atoms with Gasteiger partial charge in [0.15, 0.2) is 0 Å². The highest BCUT2D eigenvalue weighted by atomic mass is 16.1. The molecule has 1 amide bonds. The van der Waals surface area contributed by atoms with E-state index >= 15 is 0 Å². The molecule has 52 valence electrons. The highest BCUT2D eigenvalue weighted by Gasteiger charge is 2.42. The summed E-state index contributed by atoms with van der Waals surface area (Å²) in [7, 11) is 0. The molecular weight excluding hydrogens is 114 g/mol. The van der Waals surface area contributed by atoms with Crippen molar-refractivity contribution in [3.63, 3.8) is 0 Å². The van der Waals surface area contributed by atoms with Crippen LogP contribution in [0.25, 0.3) is 0 Å². The van der Waals surface area contributed by atoms with E-state index in [1.165, 1.54) is 12.8 Å². The first-order valence-electron chi connectivity index (χ1n) is 3.39. The van der Waals surface area contributed by atoms with Crippen molar-refractivity contribution in [3.05, 3.63) is 0 Å². The summed E-state index contributed by atoms with van der Waals surface area (Å²) in [5.41, 5.74) is 0.418. The van der Waals surface area contributed by atoms with Crippen LogP contribution in [-0.2, 0) is 4.79 Å². The predicted molar refractivity (Wildman–Crippen MR) is 36.0 cm³/mol. The van der Waals surface area contributed by atoms with Gasteiger partial charge in [-0.1, -0.05) is 6.92 Å². The Morgan fingerprint density at radius 3 is 2.56 bits per heavy atom. The molecular formula is C7H13NO. The second kappa shape index (κ2) is 2.01. The molecule has 1 rings (SSSR count). The van der Waals surface area contributed by atoms with Gasteiger partial charge < -0.3 is 5.32 Å². The van der Waals surface area contributed by atoms with Crippen molar-refractivity contribution < 1.29 is 4.79 Å². The van der Waals surface area contributed by atoms with Crippen LogP contribution in [0.5, 0.6) is 0 Å². The summed E-state index contributed by atoms with van der Waals surface area (Å²) in [6, 6.07) is 0.356. The van der Waals surface area contributed by atoms with E-state index in [0.717, 1.165) is 6.41 Å². The van der Waals surface area contributed by atoms with Crippen molar-refractivity contribution in [2.45, 2.75) is 32.7 Å². The van der Waals surface area contributed by atoms with Gasteiger partial charge in [0.1, 0.15) is 0 Å². The fraction of sp³-hybridized carbons (Fsp3) is 0.857. The van der Waals surface area contributed by atoms with E-state index in [-0.39, 0.29) is 0 Å². The smallest absolute Gasteiger partial charge is 0.207 e. The summed E-state index contributed by atoms with van der Waals surface area (Å²) in [6.07, 6.45) is 3.30. The first kappa shape index (κ1) is 6.59. The van der Waals surface area contributed by atoms with Crippen LogP contribution in [-0.4, -0.2) is 12.5 Å². The van der Waals surface area contributed by atoms with E-state index in [1.807, 2.05) is 0 Å². The molecule has 0 heterocycles. The lowest BCUT2D eigenvalue weighted by atomic mass is 10.0. The van der Waals surface area contributed by atoms with Gasteiger partial charge in [-0.25, -0.2) is 0 Å². The molecule has 1 aliphatic rings. The zero-order valence-electron chi connectivity index (χ0n) is 5.98. The molecule has 1 fully saturated rings. The first-order valence-corrected chi connectivity index (χ1v) is 3.39. The lowest BCUT2D eigenvalue weighted by molar-refractivity contribution is -0.110. The van der Waals surface area contributed by atoms with Gasteiger partial charge in [0.25, 0.3) is 0 Å². The summed E-state index contributed by atoms with van der Waals surface area (Å²) in [6.45, 7) is 4.26. The largest absolute Gasteiger partial charge is 0.356 e. The fourth-order valence-corrected chi connectivity index (χ4v) is 0.933. The van der Waals surface area contributed by atoms with Gasteiger partial charge in [-0.3, -0.25) is 4.79 Å². The van der Waals surface area contributed by atoms with Crippen LogP contribution in [0.1, 0.15) is 26.7 Å². The topological polar surface area (TPSA) is 29.1 Å². The van der Waals surface area contributed by atoms with Crippen LogP contribution < -0.4 is 5.32 Å². The van der Waals surface area contributed by atoms with Crippen molar-refractivity contribution in [2.24, 2.45) is 5.41 Å². The highest BCUT2D eigenvalue weighted by molar-refractivity contribution is 5.47. The molecule has 0 aliphatic heterocycles. The number of nitrogens with one attached hydrogen (secondary N) is 1. The second-order valence-corrected chi connectivity index (χ2v) is 3.16. The maximum absolute atomic E-state index is 9.98. The molecule has 0 saturated heterocycles. The van der Waals surface area contributed by atoms with E-state index in [1.54, 1.807) is 0 Å². The van der Waals surface area contributed by atoms with Crippen molar-refractivity contribution >= 4 is 6.41 Å². The SMILES string of the molecule is CC(NC=O)C1(C)CC1. The predicted octanol–water partition coefficient (Wildman–Crippen LogP) is 0.921. The average molecular weight is 127 g/mol. The Morgan fingerprint density at radius 1 is 1.67 bits per heavy atom. The fourth-order valence-electron chi connectivity index (χ4n) is 0.933. The summed E-state index contributed by atoms with van der Waals surface area (Å²) < 4.78 is 0. The van der Waals surface area contributed by atoms with Crippen molar-refractivity contribution in [2.75, 3.05) is 0 Å². The van der Waals surface area contributed by atoms with Crippen LogP contribution in [0.2, 0.25) is 0 Å². The molecule has 1 N–H and O–H groups in total. The van der Waals surface area contributed by atoms with Crippen LogP contribution >= 0.6 is 0 Å². The molecule has 0 aromatic carbocycles. The van der Waals surface area contributed by atoms with Gasteiger partial charge in [0.2, 0.25) is 6.41 Å². The Hall–Kier alpha value is -0.530. The van der Waals surface area contributed by atoms with Gasteiger partial charge in [-0.2, -0.15) is 0 Å². The van der Waals surface area contributed by atoms with Gasteiger partial charge in [0.05, 0.1) is 0 Å². The quantitative estimate of drug-likeness (QED) is 0.561. The Labute approximate surface area is 55.6 Å². The zero-order valence-corrected chi connectivity index (χ0v) is 5.98. The first-order chi connectivity index (χ1) is 4.19. The number of carbonyl (C=O) groups excluding carboxylic acids is 1. The van der Waals surface area contributed by atoms with Crippen LogP contribution in [0.4, 0.5) is 0 Å². The third kappa shape index (κ3) is 1.23. The van der Waals surface area contributed by atoms with Gasteiger partial charge in [-0.05, 0) is 25.2 Å². The minimum atomic E-state index is 0.356. The summed E-state index contributed by atoms with van der Waals surface area (Å²) in [5, 5.41) is 2.77. The summed E-state index contributed by atoms with van der Waals surface area (Å²) in [5.74, 6) is 0. The normalized spacial score (nSPS) is 24.7. The Morgan fingerprint density at radius 2 is 2.22 bits per heavy atom. The molecule has 2 nitrogen and oxygen atoms in total. The van der Waals surface area contributed by atoms with E-state index in [4.69, 9.17) is 0 Å². The van der Waals surface area contributed by atoms with Gasteiger partial charge in [0, 0.05) is 6.04 Å². The van der Waals surface area contributed by atoms with Crippen molar-refractivity contribution in [3.8, 4) is 0 Å². The van der Waals surface area contributed by atoms with E-state index in [9.17, 15) is 4.79 Å². The Bertz CT molecular complexity index is 118. The van der Waals surface area contributed by atoms with Crippen molar-refractivity contribution in [1.29, 1.82) is 0 Å². The third-order valence-electron chi connectivity index (χ3n) is 2.40. The Kier molecular flexibility index (Phi) is 1.47. The summed E-state index contributed by atoms with van der Waals surface area (Å²) in [4.78, 5) is 9.98. The molecule has 1 atom stereocenters. The molecule has 0 spiro atoms. The highest BCUT2D eigenvalue weighted by Crippen LogP contribution is 2.47. The van der Waals surface area contributed by atoms with E-state index in [0.29, 0.717) is 11.5 Å². The molecule has 0 aromatic heterocycles. The third-order valence-corrected chi connectivity index (χ3v) is 2.40. The zero-order chi connectivity index (χ0) is 6.91. The van der Waals surface area contributed by atoms with Gasteiger partial charge >= 0.3 is 0 Å². The second-order valence-electron chi connectivity index (χ2n) is 3.16. The molecule has 1 saturated carbocycles. The minimum Gasteiger partial charge on any atom is -0.356 e. The van der Waals surface area contributed by atoms with E-state index in [2.05, 4.69) is 19.2 Å². The lowest BCUT2D eigenvalue weighted by Crippen LogP contribution is -2.31. The molecule has 1 aliphatic carbocycles.